The Balaban J connectivity index is 1.96. The molecule has 0 aliphatic carbocycles. The van der Waals surface area contributed by atoms with Crippen LogP contribution in [0.15, 0.2) is 48.0 Å². The topological polar surface area (TPSA) is 54.0 Å². The van der Waals surface area contributed by atoms with Crippen LogP contribution in [0.4, 0.5) is 0 Å². The Kier molecular flexibility index (Phi) is 5.50. The molecule has 5 nitrogen and oxygen atoms in total. The number of rotatable bonds is 6. The highest BCUT2D eigenvalue weighted by atomic mass is 16.5. The van der Waals surface area contributed by atoms with Gasteiger partial charge in [0, 0.05) is 5.56 Å². The van der Waals surface area contributed by atoms with Crippen molar-refractivity contribution in [2.45, 2.75) is 13.3 Å². The van der Waals surface area contributed by atoms with Crippen LogP contribution in [0.1, 0.15) is 23.6 Å². The highest BCUT2D eigenvalue weighted by molar-refractivity contribution is 6.05. The van der Waals surface area contributed by atoms with E-state index in [1.807, 2.05) is 24.3 Å². The number of hydrogen-bond donors (Lipinski definition) is 0. The zero-order valence-corrected chi connectivity index (χ0v) is 15.9. The molecular weight excluding hydrogens is 344 g/mol. The highest BCUT2D eigenvalue weighted by Gasteiger charge is 2.22. The van der Waals surface area contributed by atoms with Gasteiger partial charge in [0.2, 0.25) is 5.75 Å². The molecule has 1 heterocycles. The molecule has 2 aromatic rings. The Hall–Kier alpha value is -3.21. The lowest BCUT2D eigenvalue weighted by Gasteiger charge is -2.12. The van der Waals surface area contributed by atoms with E-state index in [0.29, 0.717) is 28.6 Å². The van der Waals surface area contributed by atoms with Crippen LogP contribution in [0.25, 0.3) is 11.8 Å². The zero-order chi connectivity index (χ0) is 19.4. The fraction of sp³-hybridized carbons (Fsp3) is 0.227. The van der Waals surface area contributed by atoms with E-state index in [2.05, 4.69) is 6.92 Å². The molecule has 1 aliphatic heterocycles. The standard InChI is InChI=1S/C22H22O5/c1-5-14-6-8-16(9-7-14)18-13-17(22(23)27-18)10-15-11-19(24-2)21(26-4)20(12-15)25-3/h6-13H,5H2,1-4H3/b17-10+. The lowest BCUT2D eigenvalue weighted by atomic mass is 10.1. The maximum atomic E-state index is 12.3. The van der Waals surface area contributed by atoms with Crippen molar-refractivity contribution in [3.8, 4) is 17.2 Å². The molecule has 0 radical (unpaired) electrons. The van der Waals surface area contributed by atoms with E-state index < -0.39 is 5.97 Å². The number of ether oxygens (including phenoxy) is 4. The molecule has 3 rings (SSSR count). The largest absolute Gasteiger partial charge is 0.493 e. The second-order valence-corrected chi connectivity index (χ2v) is 6.01. The minimum absolute atomic E-state index is 0.390. The zero-order valence-electron chi connectivity index (χ0n) is 15.9. The Bertz CT molecular complexity index is 882. The van der Waals surface area contributed by atoms with Gasteiger partial charge in [-0.3, -0.25) is 0 Å². The molecule has 0 amide bonds. The average molecular weight is 366 g/mol. The van der Waals surface area contributed by atoms with Gasteiger partial charge in [-0.05, 0) is 41.8 Å². The van der Waals surface area contributed by atoms with Crippen LogP contribution in [0.3, 0.4) is 0 Å². The molecular formula is C22H22O5. The molecule has 0 N–H and O–H groups in total. The van der Waals surface area contributed by atoms with Gasteiger partial charge >= 0.3 is 5.97 Å². The molecule has 0 saturated carbocycles. The first kappa shape index (κ1) is 18.6. The third-order valence-corrected chi connectivity index (χ3v) is 4.38. The fourth-order valence-corrected chi connectivity index (χ4v) is 2.90. The number of methoxy groups -OCH3 is 3. The van der Waals surface area contributed by atoms with Crippen LogP contribution >= 0.6 is 0 Å². The summed E-state index contributed by atoms with van der Waals surface area (Å²) in [5.74, 6) is 1.70. The van der Waals surface area contributed by atoms with Crippen LogP contribution in [0.5, 0.6) is 17.2 Å². The summed E-state index contributed by atoms with van der Waals surface area (Å²) >= 11 is 0. The summed E-state index contributed by atoms with van der Waals surface area (Å²) in [6, 6.07) is 11.5. The van der Waals surface area contributed by atoms with Crippen molar-refractivity contribution in [1.29, 1.82) is 0 Å². The SMILES string of the molecule is CCc1ccc(C2=C/C(=C\c3cc(OC)c(OC)c(OC)c3)C(=O)O2)cc1. The lowest BCUT2D eigenvalue weighted by molar-refractivity contribution is -0.130. The van der Waals surface area contributed by atoms with Crippen molar-refractivity contribution in [1.82, 2.24) is 0 Å². The number of esters is 1. The van der Waals surface area contributed by atoms with Gasteiger partial charge in [-0.25, -0.2) is 4.79 Å². The Labute approximate surface area is 158 Å². The van der Waals surface area contributed by atoms with Gasteiger partial charge in [0.25, 0.3) is 0 Å². The summed E-state index contributed by atoms with van der Waals surface area (Å²) in [6.45, 7) is 2.10. The van der Waals surface area contributed by atoms with Gasteiger partial charge in [0.1, 0.15) is 5.76 Å². The molecule has 27 heavy (non-hydrogen) atoms. The molecule has 0 bridgehead atoms. The predicted molar refractivity (Wildman–Crippen MR) is 104 cm³/mol. The number of benzene rings is 2. The van der Waals surface area contributed by atoms with Crippen molar-refractivity contribution in [3.63, 3.8) is 0 Å². The Morgan fingerprint density at radius 2 is 1.59 bits per heavy atom. The van der Waals surface area contributed by atoms with E-state index in [1.54, 1.807) is 45.6 Å². The average Bonchev–Trinajstić information content (AvgIpc) is 3.07. The maximum Gasteiger partial charge on any atom is 0.343 e. The minimum atomic E-state index is -0.390. The monoisotopic (exact) mass is 366 g/mol. The number of carbonyl (C=O) groups is 1. The Morgan fingerprint density at radius 1 is 0.963 bits per heavy atom. The summed E-state index contributed by atoms with van der Waals surface area (Å²) in [5, 5.41) is 0. The lowest BCUT2D eigenvalue weighted by Crippen LogP contribution is -1.98. The summed E-state index contributed by atoms with van der Waals surface area (Å²) in [5.41, 5.74) is 3.31. The quantitative estimate of drug-likeness (QED) is 0.565. The predicted octanol–water partition coefficient (Wildman–Crippen LogP) is 4.26. The third-order valence-electron chi connectivity index (χ3n) is 4.38. The van der Waals surface area contributed by atoms with E-state index in [4.69, 9.17) is 18.9 Å². The number of cyclic esters (lactones) is 1. The molecule has 0 fully saturated rings. The molecule has 2 aromatic carbocycles. The molecule has 0 unspecified atom stereocenters. The van der Waals surface area contributed by atoms with E-state index >= 15 is 0 Å². The van der Waals surface area contributed by atoms with Crippen molar-refractivity contribution in [2.75, 3.05) is 21.3 Å². The first-order chi connectivity index (χ1) is 13.1. The fourth-order valence-electron chi connectivity index (χ4n) is 2.90. The van der Waals surface area contributed by atoms with Crippen molar-refractivity contribution in [3.05, 3.63) is 64.7 Å². The summed E-state index contributed by atoms with van der Waals surface area (Å²) in [7, 11) is 4.65. The van der Waals surface area contributed by atoms with Crippen LogP contribution in [0.2, 0.25) is 0 Å². The van der Waals surface area contributed by atoms with Gasteiger partial charge < -0.3 is 18.9 Å². The van der Waals surface area contributed by atoms with Gasteiger partial charge in [0.05, 0.1) is 26.9 Å². The van der Waals surface area contributed by atoms with Gasteiger partial charge in [-0.1, -0.05) is 31.2 Å². The summed E-state index contributed by atoms with van der Waals surface area (Å²) < 4.78 is 21.5. The molecule has 0 saturated heterocycles. The van der Waals surface area contributed by atoms with Crippen LogP contribution in [0, 0.1) is 0 Å². The van der Waals surface area contributed by atoms with E-state index in [9.17, 15) is 4.79 Å². The van der Waals surface area contributed by atoms with Crippen molar-refractivity contribution < 1.29 is 23.7 Å². The smallest absolute Gasteiger partial charge is 0.343 e. The van der Waals surface area contributed by atoms with Gasteiger partial charge in [-0.2, -0.15) is 0 Å². The normalized spacial score (nSPS) is 14.7. The number of carbonyl (C=O) groups excluding carboxylic acids is 1. The molecule has 0 spiro atoms. The second kappa shape index (κ2) is 7.99. The number of aryl methyl sites for hydroxylation is 1. The van der Waals surface area contributed by atoms with Crippen molar-refractivity contribution >= 4 is 17.8 Å². The van der Waals surface area contributed by atoms with Crippen LogP contribution in [-0.2, 0) is 16.0 Å². The first-order valence-corrected chi connectivity index (χ1v) is 8.64. The van der Waals surface area contributed by atoms with E-state index in [1.165, 1.54) is 5.56 Å². The maximum absolute atomic E-state index is 12.3. The van der Waals surface area contributed by atoms with Crippen LogP contribution < -0.4 is 14.2 Å². The second-order valence-electron chi connectivity index (χ2n) is 6.01. The van der Waals surface area contributed by atoms with E-state index in [0.717, 1.165) is 17.5 Å². The number of hydrogen-bond acceptors (Lipinski definition) is 5. The first-order valence-electron chi connectivity index (χ1n) is 8.64. The Morgan fingerprint density at radius 3 is 2.11 bits per heavy atom. The summed E-state index contributed by atoms with van der Waals surface area (Å²) in [4.78, 5) is 12.3. The van der Waals surface area contributed by atoms with E-state index in [-0.39, 0.29) is 0 Å². The third kappa shape index (κ3) is 3.82. The minimum Gasteiger partial charge on any atom is -0.493 e. The molecule has 1 aliphatic rings. The molecule has 0 aromatic heterocycles. The highest BCUT2D eigenvalue weighted by Crippen LogP contribution is 2.39. The molecule has 5 heteroatoms. The van der Waals surface area contributed by atoms with Gasteiger partial charge in [0.15, 0.2) is 11.5 Å². The van der Waals surface area contributed by atoms with Crippen LogP contribution in [-0.4, -0.2) is 27.3 Å². The summed E-state index contributed by atoms with van der Waals surface area (Å²) in [6.07, 6.45) is 4.44. The van der Waals surface area contributed by atoms with Crippen molar-refractivity contribution in [2.24, 2.45) is 0 Å². The van der Waals surface area contributed by atoms with Gasteiger partial charge in [-0.15, -0.1) is 0 Å². The molecule has 0 atom stereocenters. The molecule has 140 valence electrons.